The molecule has 0 rings (SSSR count). The second-order valence-corrected chi connectivity index (χ2v) is 1.64. The maximum absolute atomic E-state index is 8.52. The Bertz CT molecular complexity index is 74.1. The molecule has 0 atom stereocenters. The average molecular weight is 246 g/mol. The third-order valence-corrected chi connectivity index (χ3v) is 0.200. The van der Waals surface area contributed by atoms with Gasteiger partial charge < -0.3 is 34.5 Å². The van der Waals surface area contributed by atoms with E-state index < -0.39 is 9.17 Å². The van der Waals surface area contributed by atoms with Gasteiger partial charge in [-0.25, -0.2) is 0 Å². The van der Waals surface area contributed by atoms with Crippen molar-refractivity contribution >= 4 is 9.17 Å². The fourth-order valence-electron chi connectivity index (χ4n) is 0. The summed E-state index contributed by atoms with van der Waals surface area (Å²) < 4.78 is 8.52. The number of rotatable bonds is 2. The summed E-state index contributed by atoms with van der Waals surface area (Å²) in [6.45, 7) is -0.500. The van der Waals surface area contributed by atoms with E-state index in [1.165, 1.54) is 0 Å². The van der Waals surface area contributed by atoms with Crippen molar-refractivity contribution in [2.45, 2.75) is 0 Å². The summed E-state index contributed by atoms with van der Waals surface area (Å²) in [5.74, 6) is 0. The molecule has 0 unspecified atom stereocenters. The first-order valence-electron chi connectivity index (χ1n) is 2.88. The Morgan fingerprint density at radius 3 is 0.857 bits per heavy atom. The number of aliphatic hydroxyl groups is 4. The third-order valence-electron chi connectivity index (χ3n) is 0.200. The zero-order valence-electron chi connectivity index (χ0n) is 8.34. The summed E-state index contributed by atoms with van der Waals surface area (Å²) in [7, 11) is -3.63. The fraction of sp³-hybridized carbons (Fsp3) is 1.00. The van der Waals surface area contributed by atoms with Crippen molar-refractivity contribution in [1.82, 2.24) is 0 Å². The van der Waals surface area contributed by atoms with Gasteiger partial charge in [0.25, 0.3) is 0 Å². The van der Waals surface area contributed by atoms with Crippen molar-refractivity contribution in [1.29, 1.82) is 0 Å². The van der Waals surface area contributed by atoms with E-state index in [1.807, 2.05) is 0 Å². The number of hydrogen-bond acceptors (Lipinski definition) is 7. The zero-order chi connectivity index (χ0) is 10.4. The number of hydrogen-bond donors (Lipinski definition) is 4. The molecule has 0 aliphatic rings. The monoisotopic (exact) mass is 246 g/mol. The first-order valence-corrected chi connectivity index (χ1v) is 4.10. The van der Waals surface area contributed by atoms with Crippen molar-refractivity contribution < 1.29 is 93.6 Å². The maximum atomic E-state index is 8.52. The standard InChI is InChI=1S/2C2H6O2.2Na.O3Si/c2*3-1-2-4;;;1-4(2)3/h2*3-4H,1-2H2;;;/q;;2*+1;-2. The van der Waals surface area contributed by atoms with Crippen LogP contribution in [0, 0.1) is 0 Å². The molecule has 0 radical (unpaired) electrons. The molecule has 0 fully saturated rings. The Morgan fingerprint density at radius 1 is 0.786 bits per heavy atom. The molecule has 0 bridgehead atoms. The van der Waals surface area contributed by atoms with E-state index in [0.717, 1.165) is 0 Å². The topological polar surface area (TPSA) is 144 Å². The molecule has 0 amide bonds. The van der Waals surface area contributed by atoms with Crippen LogP contribution >= 0.6 is 0 Å². The van der Waals surface area contributed by atoms with E-state index >= 15 is 0 Å². The Hall–Kier alpha value is 1.46. The van der Waals surface area contributed by atoms with Crippen LogP contribution in [0.3, 0.4) is 0 Å². The van der Waals surface area contributed by atoms with Gasteiger partial charge in [-0.15, -0.1) is 0 Å². The molecule has 4 N–H and O–H groups in total. The normalized spacial score (nSPS) is 6.00. The fourth-order valence-corrected chi connectivity index (χ4v) is 0. The van der Waals surface area contributed by atoms with Crippen LogP contribution in [0.2, 0.25) is 0 Å². The zero-order valence-corrected chi connectivity index (χ0v) is 13.3. The van der Waals surface area contributed by atoms with Crippen LogP contribution in [0.15, 0.2) is 0 Å². The molecule has 14 heavy (non-hydrogen) atoms. The van der Waals surface area contributed by atoms with Gasteiger partial charge in [0.05, 0.1) is 26.4 Å². The van der Waals surface area contributed by atoms with Crippen molar-refractivity contribution in [2.24, 2.45) is 0 Å². The second-order valence-electron chi connectivity index (χ2n) is 1.14. The molecule has 0 aromatic rings. The molecular formula is C4H12Na2O7Si. The molecule has 76 valence electrons. The van der Waals surface area contributed by atoms with Crippen LogP contribution < -0.4 is 68.7 Å². The van der Waals surface area contributed by atoms with E-state index in [4.69, 9.17) is 34.5 Å². The second kappa shape index (κ2) is 36.6. The first kappa shape index (κ1) is 29.5. The van der Waals surface area contributed by atoms with Gasteiger partial charge in [-0.1, -0.05) is 0 Å². The van der Waals surface area contributed by atoms with Crippen LogP contribution in [0.25, 0.3) is 0 Å². The minimum absolute atomic E-state index is 0. The van der Waals surface area contributed by atoms with E-state index in [1.54, 1.807) is 0 Å². The van der Waals surface area contributed by atoms with Crippen LogP contribution in [0.4, 0.5) is 0 Å². The minimum atomic E-state index is -3.63. The first-order chi connectivity index (χ1) is 5.56. The Morgan fingerprint density at radius 2 is 0.857 bits per heavy atom. The molecule has 0 saturated heterocycles. The van der Waals surface area contributed by atoms with Gasteiger partial charge in [0.1, 0.15) is 0 Å². The van der Waals surface area contributed by atoms with Crippen molar-refractivity contribution in [3.63, 3.8) is 0 Å². The van der Waals surface area contributed by atoms with E-state index in [2.05, 4.69) is 0 Å². The van der Waals surface area contributed by atoms with Crippen LogP contribution in [-0.4, -0.2) is 56.0 Å². The van der Waals surface area contributed by atoms with Gasteiger partial charge in [-0.3, -0.25) is 0 Å². The van der Waals surface area contributed by atoms with Crippen LogP contribution in [0.1, 0.15) is 0 Å². The third kappa shape index (κ3) is 175. The molecule has 10 heteroatoms. The van der Waals surface area contributed by atoms with Crippen molar-refractivity contribution in [3.8, 4) is 0 Å². The molecule has 0 saturated carbocycles. The van der Waals surface area contributed by atoms with Gasteiger partial charge >= 0.3 is 59.1 Å². The van der Waals surface area contributed by atoms with Crippen molar-refractivity contribution in [3.05, 3.63) is 0 Å². The van der Waals surface area contributed by atoms with Gasteiger partial charge in [-0.2, -0.15) is 0 Å². The molecule has 0 heterocycles. The molecule has 7 nitrogen and oxygen atoms in total. The minimum Gasteiger partial charge on any atom is -0.672 e. The number of aliphatic hydroxyl groups excluding tert-OH is 4. The molecular weight excluding hydrogens is 234 g/mol. The summed E-state index contributed by atoms with van der Waals surface area (Å²) in [6.07, 6.45) is 0. The largest absolute Gasteiger partial charge is 1.00 e. The van der Waals surface area contributed by atoms with E-state index in [9.17, 15) is 0 Å². The SMILES string of the molecule is O=[Si]([O-])[O-].OCCO.OCCO.[Na+].[Na+]. The van der Waals surface area contributed by atoms with E-state index in [0.29, 0.717) is 0 Å². The van der Waals surface area contributed by atoms with Gasteiger partial charge in [0.15, 0.2) is 0 Å². The molecule has 0 aliphatic heterocycles. The summed E-state index contributed by atoms with van der Waals surface area (Å²) in [4.78, 5) is 17.0. The molecule has 0 aromatic heterocycles. The Balaban J connectivity index is -0.0000000270. The Kier molecular flexibility index (Phi) is 77.2. The summed E-state index contributed by atoms with van der Waals surface area (Å²) in [5.41, 5.74) is 0. The summed E-state index contributed by atoms with van der Waals surface area (Å²) in [6, 6.07) is 0. The molecule has 0 spiro atoms. The van der Waals surface area contributed by atoms with E-state index in [-0.39, 0.29) is 85.5 Å². The average Bonchev–Trinajstić information content (AvgIpc) is 2.03. The quantitative estimate of drug-likeness (QED) is 0.354. The molecule has 0 aliphatic carbocycles. The van der Waals surface area contributed by atoms with Gasteiger partial charge in [0.2, 0.25) is 0 Å². The predicted octanol–water partition coefficient (Wildman–Crippen LogP) is -10.9. The summed E-state index contributed by atoms with van der Waals surface area (Å²) >= 11 is 0. The molecule has 0 aromatic carbocycles. The summed E-state index contributed by atoms with van der Waals surface area (Å²) in [5, 5.41) is 30.5. The van der Waals surface area contributed by atoms with Gasteiger partial charge in [0, 0.05) is 9.17 Å². The Labute approximate surface area is 128 Å². The van der Waals surface area contributed by atoms with Crippen LogP contribution in [-0.2, 0) is 4.46 Å². The van der Waals surface area contributed by atoms with Gasteiger partial charge in [-0.05, 0) is 0 Å². The predicted molar refractivity (Wildman–Crippen MR) is 34.8 cm³/mol. The maximum Gasteiger partial charge on any atom is 1.00 e. The van der Waals surface area contributed by atoms with Crippen molar-refractivity contribution in [2.75, 3.05) is 26.4 Å². The smallest absolute Gasteiger partial charge is 0.672 e. The van der Waals surface area contributed by atoms with Crippen LogP contribution in [0.5, 0.6) is 0 Å².